The zero-order valence-electron chi connectivity index (χ0n) is 13.7. The Bertz CT molecular complexity index is 826. The van der Waals surface area contributed by atoms with E-state index in [1.165, 1.54) is 11.1 Å². The number of fused-ring (bicyclic) bond motifs is 1. The lowest BCUT2D eigenvalue weighted by Gasteiger charge is -2.26. The molecule has 4 rings (SSSR count). The molecule has 0 amide bonds. The average Bonchev–Trinajstić information content (AvgIpc) is 2.94. The highest BCUT2D eigenvalue weighted by Gasteiger charge is 2.22. The lowest BCUT2D eigenvalue weighted by molar-refractivity contribution is 0.376. The van der Waals surface area contributed by atoms with Crippen molar-refractivity contribution in [2.75, 3.05) is 13.1 Å². The van der Waals surface area contributed by atoms with Gasteiger partial charge in [0, 0.05) is 17.8 Å². The quantitative estimate of drug-likeness (QED) is 0.786. The maximum atomic E-state index is 4.93. The summed E-state index contributed by atoms with van der Waals surface area (Å²) < 4.78 is 2.36. The standard InChI is InChI=1S/C19H22N4/c1-13-3-5-15(6-4-13)18-22-17-11-14(2)12-21-19(17)23(18)16-7-9-20-10-8-16/h3-6,11-12,16,20H,7-10H2,1-2H3. The second kappa shape index (κ2) is 5.78. The van der Waals surface area contributed by atoms with Crippen LogP contribution in [0.1, 0.15) is 30.0 Å². The molecule has 0 saturated carbocycles. The number of aryl methyl sites for hydroxylation is 2. The van der Waals surface area contributed by atoms with Crippen molar-refractivity contribution in [1.29, 1.82) is 0 Å². The molecule has 1 N–H and O–H groups in total. The zero-order valence-corrected chi connectivity index (χ0v) is 13.7. The van der Waals surface area contributed by atoms with E-state index in [0.717, 1.165) is 48.5 Å². The molecule has 1 aliphatic heterocycles. The van der Waals surface area contributed by atoms with Crippen molar-refractivity contribution in [3.05, 3.63) is 47.7 Å². The number of pyridine rings is 1. The van der Waals surface area contributed by atoms with Gasteiger partial charge in [-0.3, -0.25) is 0 Å². The van der Waals surface area contributed by atoms with E-state index in [4.69, 9.17) is 9.97 Å². The highest BCUT2D eigenvalue weighted by Crippen LogP contribution is 2.31. The molecule has 3 heterocycles. The van der Waals surface area contributed by atoms with Gasteiger partial charge < -0.3 is 9.88 Å². The monoisotopic (exact) mass is 306 g/mol. The molecule has 0 bridgehead atoms. The second-order valence-electron chi connectivity index (χ2n) is 6.51. The minimum Gasteiger partial charge on any atom is -0.317 e. The summed E-state index contributed by atoms with van der Waals surface area (Å²) in [6.45, 7) is 6.30. The van der Waals surface area contributed by atoms with Gasteiger partial charge >= 0.3 is 0 Å². The molecule has 0 radical (unpaired) electrons. The summed E-state index contributed by atoms with van der Waals surface area (Å²) in [5.74, 6) is 1.05. The third-order valence-electron chi connectivity index (χ3n) is 4.65. The Morgan fingerprint density at radius 1 is 1.04 bits per heavy atom. The summed E-state index contributed by atoms with van der Waals surface area (Å²) in [6.07, 6.45) is 4.19. The van der Waals surface area contributed by atoms with E-state index in [1.54, 1.807) is 0 Å². The second-order valence-corrected chi connectivity index (χ2v) is 6.51. The number of piperidine rings is 1. The summed E-state index contributed by atoms with van der Waals surface area (Å²) >= 11 is 0. The van der Waals surface area contributed by atoms with Crippen LogP contribution >= 0.6 is 0 Å². The minimum atomic E-state index is 0.466. The van der Waals surface area contributed by atoms with E-state index in [2.05, 4.69) is 54.1 Å². The molecule has 0 atom stereocenters. The van der Waals surface area contributed by atoms with Gasteiger partial charge in [-0.05, 0) is 51.4 Å². The fourth-order valence-electron chi connectivity index (χ4n) is 3.40. The molecule has 0 spiro atoms. The van der Waals surface area contributed by atoms with Gasteiger partial charge in [0.1, 0.15) is 11.3 Å². The van der Waals surface area contributed by atoms with Gasteiger partial charge in [-0.1, -0.05) is 29.8 Å². The molecule has 23 heavy (non-hydrogen) atoms. The van der Waals surface area contributed by atoms with E-state index in [-0.39, 0.29) is 0 Å². The summed E-state index contributed by atoms with van der Waals surface area (Å²) in [6, 6.07) is 11.2. The van der Waals surface area contributed by atoms with Crippen LogP contribution in [0.4, 0.5) is 0 Å². The highest BCUT2D eigenvalue weighted by molar-refractivity contribution is 5.78. The molecule has 3 aromatic rings. The Morgan fingerprint density at radius 2 is 1.78 bits per heavy atom. The fourth-order valence-corrected chi connectivity index (χ4v) is 3.40. The summed E-state index contributed by atoms with van der Waals surface area (Å²) in [7, 11) is 0. The van der Waals surface area contributed by atoms with E-state index in [0.29, 0.717) is 6.04 Å². The molecule has 1 saturated heterocycles. The summed E-state index contributed by atoms with van der Waals surface area (Å²) in [5.41, 5.74) is 5.61. The van der Waals surface area contributed by atoms with Gasteiger partial charge in [-0.15, -0.1) is 0 Å². The van der Waals surface area contributed by atoms with Crippen molar-refractivity contribution in [3.8, 4) is 11.4 Å². The number of hydrogen-bond donors (Lipinski definition) is 1. The number of rotatable bonds is 2. The Labute approximate surface area is 136 Å². The van der Waals surface area contributed by atoms with Gasteiger partial charge in [-0.2, -0.15) is 0 Å². The lowest BCUT2D eigenvalue weighted by atomic mass is 10.1. The average molecular weight is 306 g/mol. The SMILES string of the molecule is Cc1ccc(-c2nc3cc(C)cnc3n2C2CCNCC2)cc1. The van der Waals surface area contributed by atoms with Crippen LogP contribution in [0, 0.1) is 13.8 Å². The maximum Gasteiger partial charge on any atom is 0.160 e. The van der Waals surface area contributed by atoms with Crippen molar-refractivity contribution in [1.82, 2.24) is 19.9 Å². The summed E-state index contributed by atoms with van der Waals surface area (Å²) in [4.78, 5) is 9.63. The van der Waals surface area contributed by atoms with E-state index in [1.807, 2.05) is 6.20 Å². The molecule has 4 nitrogen and oxygen atoms in total. The normalized spacial score (nSPS) is 16.1. The number of benzene rings is 1. The van der Waals surface area contributed by atoms with Crippen LogP contribution in [0.5, 0.6) is 0 Å². The number of aromatic nitrogens is 3. The van der Waals surface area contributed by atoms with Gasteiger partial charge in [-0.25, -0.2) is 9.97 Å². The zero-order chi connectivity index (χ0) is 15.8. The van der Waals surface area contributed by atoms with Crippen molar-refractivity contribution >= 4 is 11.2 Å². The third-order valence-corrected chi connectivity index (χ3v) is 4.65. The Balaban J connectivity index is 1.92. The smallest absolute Gasteiger partial charge is 0.160 e. The van der Waals surface area contributed by atoms with Crippen molar-refractivity contribution in [2.45, 2.75) is 32.7 Å². The fraction of sp³-hybridized carbons (Fsp3) is 0.368. The molecule has 0 aliphatic carbocycles. The molecule has 1 aromatic carbocycles. The van der Waals surface area contributed by atoms with E-state index < -0.39 is 0 Å². The lowest BCUT2D eigenvalue weighted by Crippen LogP contribution is -2.29. The molecular formula is C19H22N4. The molecule has 0 unspecified atom stereocenters. The van der Waals surface area contributed by atoms with E-state index >= 15 is 0 Å². The van der Waals surface area contributed by atoms with Crippen molar-refractivity contribution < 1.29 is 0 Å². The first kappa shape index (κ1) is 14.4. The van der Waals surface area contributed by atoms with Gasteiger partial charge in [0.05, 0.1) is 0 Å². The predicted molar refractivity (Wildman–Crippen MR) is 93.6 cm³/mol. The van der Waals surface area contributed by atoms with Gasteiger partial charge in [0.15, 0.2) is 5.65 Å². The maximum absolute atomic E-state index is 4.93. The first-order valence-electron chi connectivity index (χ1n) is 8.35. The van der Waals surface area contributed by atoms with Crippen LogP contribution in [0.3, 0.4) is 0 Å². The van der Waals surface area contributed by atoms with Crippen LogP contribution in [0.25, 0.3) is 22.6 Å². The molecule has 4 heteroatoms. The first-order valence-corrected chi connectivity index (χ1v) is 8.35. The Kier molecular flexibility index (Phi) is 3.62. The first-order chi connectivity index (χ1) is 11.2. The molecule has 2 aromatic heterocycles. The van der Waals surface area contributed by atoms with Crippen LogP contribution < -0.4 is 5.32 Å². The number of nitrogens with zero attached hydrogens (tertiary/aromatic N) is 3. The van der Waals surface area contributed by atoms with Crippen LogP contribution in [0.15, 0.2) is 36.5 Å². The predicted octanol–water partition coefficient (Wildman–Crippen LogP) is 3.64. The van der Waals surface area contributed by atoms with Crippen LogP contribution in [-0.2, 0) is 0 Å². The van der Waals surface area contributed by atoms with Crippen LogP contribution in [-0.4, -0.2) is 27.6 Å². The molecule has 118 valence electrons. The largest absolute Gasteiger partial charge is 0.317 e. The van der Waals surface area contributed by atoms with Gasteiger partial charge in [0.25, 0.3) is 0 Å². The Hall–Kier alpha value is -2.20. The number of imidazole rings is 1. The number of nitrogens with one attached hydrogen (secondary N) is 1. The molecular weight excluding hydrogens is 284 g/mol. The third kappa shape index (κ3) is 2.63. The number of hydrogen-bond acceptors (Lipinski definition) is 3. The highest BCUT2D eigenvalue weighted by atomic mass is 15.2. The minimum absolute atomic E-state index is 0.466. The summed E-state index contributed by atoms with van der Waals surface area (Å²) in [5, 5.41) is 3.45. The molecule has 1 fully saturated rings. The topological polar surface area (TPSA) is 42.7 Å². The van der Waals surface area contributed by atoms with E-state index in [9.17, 15) is 0 Å². The molecule has 1 aliphatic rings. The Morgan fingerprint density at radius 3 is 2.52 bits per heavy atom. The van der Waals surface area contributed by atoms with Crippen LogP contribution in [0.2, 0.25) is 0 Å². The van der Waals surface area contributed by atoms with Crippen molar-refractivity contribution in [2.24, 2.45) is 0 Å². The van der Waals surface area contributed by atoms with Gasteiger partial charge in [0.2, 0.25) is 0 Å². The van der Waals surface area contributed by atoms with Crippen molar-refractivity contribution in [3.63, 3.8) is 0 Å².